The molecule has 2 aliphatic rings. The van der Waals surface area contributed by atoms with Crippen molar-refractivity contribution in [2.45, 2.75) is 24.9 Å². The third kappa shape index (κ3) is 4.94. The first-order valence-corrected chi connectivity index (χ1v) is 18.8. The molecule has 0 aromatic heterocycles. The summed E-state index contributed by atoms with van der Waals surface area (Å²) in [5.41, 5.74) is 15.3. The first-order chi connectivity index (χ1) is 26.5. The van der Waals surface area contributed by atoms with Crippen LogP contribution in [-0.2, 0) is 11.0 Å². The van der Waals surface area contributed by atoms with E-state index in [4.69, 9.17) is 4.74 Å². The van der Waals surface area contributed by atoms with E-state index < -0.39 is 5.60 Å². The molecular weight excluding hydrogens is 655 g/mol. The zero-order valence-corrected chi connectivity index (χ0v) is 30.4. The van der Waals surface area contributed by atoms with Gasteiger partial charge in [-0.1, -0.05) is 159 Å². The molecule has 1 aliphatic carbocycles. The highest BCUT2D eigenvalue weighted by Crippen LogP contribution is 2.56. The molecule has 0 spiro atoms. The van der Waals surface area contributed by atoms with Crippen LogP contribution in [0.3, 0.4) is 0 Å². The maximum absolute atomic E-state index is 7.74. The van der Waals surface area contributed by atoms with Crippen molar-refractivity contribution in [1.29, 1.82) is 0 Å². The largest absolute Gasteiger partial charge is 0.472 e. The Morgan fingerprint density at radius 1 is 0.370 bits per heavy atom. The van der Waals surface area contributed by atoms with Gasteiger partial charge < -0.3 is 9.64 Å². The van der Waals surface area contributed by atoms with E-state index in [2.05, 4.69) is 219 Å². The van der Waals surface area contributed by atoms with Gasteiger partial charge in [0.1, 0.15) is 5.75 Å². The first-order valence-electron chi connectivity index (χ1n) is 18.8. The van der Waals surface area contributed by atoms with Crippen molar-refractivity contribution in [3.63, 3.8) is 0 Å². The number of nitrogens with zero attached hydrogens (tertiary/aromatic N) is 1. The Labute approximate surface area is 317 Å². The van der Waals surface area contributed by atoms with E-state index in [-0.39, 0.29) is 5.41 Å². The Hall–Kier alpha value is -6.64. The summed E-state index contributed by atoms with van der Waals surface area (Å²) in [7, 11) is 0. The minimum absolute atomic E-state index is 0.101. The van der Waals surface area contributed by atoms with E-state index in [1.165, 1.54) is 33.4 Å². The van der Waals surface area contributed by atoms with Crippen LogP contribution in [0.15, 0.2) is 200 Å². The summed E-state index contributed by atoms with van der Waals surface area (Å²) >= 11 is 0. The number of benzene rings is 8. The zero-order chi connectivity index (χ0) is 36.3. The summed E-state index contributed by atoms with van der Waals surface area (Å²) in [6, 6.07) is 72.1. The quantitative estimate of drug-likeness (QED) is 0.172. The number of rotatable bonds is 6. The highest BCUT2D eigenvalue weighted by Gasteiger charge is 2.46. The normalized spacial score (nSPS) is 16.0. The van der Waals surface area contributed by atoms with Crippen molar-refractivity contribution in [2.24, 2.45) is 0 Å². The van der Waals surface area contributed by atoms with E-state index in [9.17, 15) is 0 Å². The molecule has 2 heteroatoms. The predicted octanol–water partition coefficient (Wildman–Crippen LogP) is 13.5. The minimum Gasteiger partial charge on any atom is -0.472 e. The maximum atomic E-state index is 7.74. The second kappa shape index (κ2) is 12.5. The Bertz CT molecular complexity index is 2620. The fraction of sp³-hybridized carbons (Fsp3) is 0.0769. The van der Waals surface area contributed by atoms with Crippen LogP contribution in [0.4, 0.5) is 17.1 Å². The predicted molar refractivity (Wildman–Crippen MR) is 223 cm³/mol. The summed E-state index contributed by atoms with van der Waals surface area (Å²) < 4.78 is 7.74. The molecule has 8 aromatic carbocycles. The standard InChI is InChI=1S/C52H39NO/c1-51(2)47-27-14-12-26-44(47)46-34-39(29-32-48(46)51)52(38-20-16-19-37(33-38)36-17-6-3-7-18-36)49-28-15-13-25-43(49)45-31-30-42(35-50(45)54-52)53(40-21-8-4-9-22-40)41-23-10-5-11-24-41/h3-35H,1-2H3. The van der Waals surface area contributed by atoms with Gasteiger partial charge in [0.2, 0.25) is 0 Å². The Morgan fingerprint density at radius 3 is 1.63 bits per heavy atom. The molecule has 258 valence electrons. The lowest BCUT2D eigenvalue weighted by Gasteiger charge is -2.42. The number of fused-ring (bicyclic) bond motifs is 6. The molecule has 0 fully saturated rings. The lowest BCUT2D eigenvalue weighted by Crippen LogP contribution is -2.39. The molecule has 1 atom stereocenters. The van der Waals surface area contributed by atoms with Crippen LogP contribution in [0, 0.1) is 0 Å². The van der Waals surface area contributed by atoms with E-state index in [0.29, 0.717) is 0 Å². The Kier molecular flexibility index (Phi) is 7.42. The van der Waals surface area contributed by atoms with Gasteiger partial charge in [-0.3, -0.25) is 0 Å². The molecule has 10 rings (SSSR count). The van der Waals surface area contributed by atoms with Crippen LogP contribution in [-0.4, -0.2) is 0 Å². The van der Waals surface area contributed by atoms with Crippen molar-refractivity contribution < 1.29 is 4.74 Å². The average Bonchev–Trinajstić information content (AvgIpc) is 3.47. The number of hydrogen-bond donors (Lipinski definition) is 0. The van der Waals surface area contributed by atoms with Crippen molar-refractivity contribution in [2.75, 3.05) is 4.90 Å². The highest BCUT2D eigenvalue weighted by atomic mass is 16.5. The second-order valence-electron chi connectivity index (χ2n) is 14.9. The summed E-state index contributed by atoms with van der Waals surface area (Å²) in [6.07, 6.45) is 0. The van der Waals surface area contributed by atoms with Crippen molar-refractivity contribution >= 4 is 17.1 Å². The molecule has 0 N–H and O–H groups in total. The fourth-order valence-electron chi connectivity index (χ4n) is 8.89. The van der Waals surface area contributed by atoms with Gasteiger partial charge in [-0.25, -0.2) is 0 Å². The summed E-state index contributed by atoms with van der Waals surface area (Å²) in [5, 5.41) is 0. The van der Waals surface area contributed by atoms with Crippen LogP contribution in [0.2, 0.25) is 0 Å². The molecule has 0 amide bonds. The molecule has 0 saturated heterocycles. The smallest absolute Gasteiger partial charge is 0.185 e. The number of anilines is 3. The van der Waals surface area contributed by atoms with Gasteiger partial charge in [0.25, 0.3) is 0 Å². The molecule has 0 saturated carbocycles. The van der Waals surface area contributed by atoms with E-state index in [1.54, 1.807) is 0 Å². The minimum atomic E-state index is -0.950. The van der Waals surface area contributed by atoms with Gasteiger partial charge in [-0.2, -0.15) is 0 Å². The van der Waals surface area contributed by atoms with Crippen molar-refractivity contribution in [3.8, 4) is 39.1 Å². The van der Waals surface area contributed by atoms with E-state index in [1.807, 2.05) is 0 Å². The molecule has 1 heterocycles. The lowest BCUT2D eigenvalue weighted by atomic mass is 9.73. The van der Waals surface area contributed by atoms with Gasteiger partial charge in [0, 0.05) is 50.8 Å². The Morgan fingerprint density at radius 2 is 0.926 bits per heavy atom. The first kappa shape index (κ1) is 32.0. The van der Waals surface area contributed by atoms with E-state index in [0.717, 1.165) is 50.6 Å². The molecule has 1 aliphatic heterocycles. The molecular formula is C52H39NO. The van der Waals surface area contributed by atoms with E-state index >= 15 is 0 Å². The van der Waals surface area contributed by atoms with Crippen molar-refractivity contribution in [1.82, 2.24) is 0 Å². The van der Waals surface area contributed by atoms with Gasteiger partial charge in [0.15, 0.2) is 5.60 Å². The van der Waals surface area contributed by atoms with Gasteiger partial charge in [-0.15, -0.1) is 0 Å². The monoisotopic (exact) mass is 693 g/mol. The van der Waals surface area contributed by atoms with Crippen LogP contribution < -0.4 is 9.64 Å². The number of hydrogen-bond acceptors (Lipinski definition) is 2. The summed E-state index contributed by atoms with van der Waals surface area (Å²) in [5.74, 6) is 0.842. The third-order valence-electron chi connectivity index (χ3n) is 11.5. The average molecular weight is 694 g/mol. The molecule has 2 nitrogen and oxygen atoms in total. The third-order valence-corrected chi connectivity index (χ3v) is 11.5. The topological polar surface area (TPSA) is 12.5 Å². The lowest BCUT2D eigenvalue weighted by molar-refractivity contribution is 0.152. The summed E-state index contributed by atoms with van der Waals surface area (Å²) in [6.45, 7) is 4.68. The maximum Gasteiger partial charge on any atom is 0.185 e. The molecule has 1 unspecified atom stereocenters. The Balaban J connectivity index is 1.23. The number of ether oxygens (including phenoxy) is 1. The van der Waals surface area contributed by atoms with Crippen LogP contribution in [0.1, 0.15) is 41.7 Å². The molecule has 8 aromatic rings. The molecule has 0 bridgehead atoms. The molecule has 54 heavy (non-hydrogen) atoms. The van der Waals surface area contributed by atoms with Crippen LogP contribution in [0.5, 0.6) is 5.75 Å². The second-order valence-corrected chi connectivity index (χ2v) is 14.9. The van der Waals surface area contributed by atoms with Gasteiger partial charge in [-0.05, 0) is 87.5 Å². The fourth-order valence-corrected chi connectivity index (χ4v) is 8.89. The highest BCUT2D eigenvalue weighted by molar-refractivity contribution is 5.86. The molecule has 0 radical (unpaired) electrons. The van der Waals surface area contributed by atoms with Crippen molar-refractivity contribution in [3.05, 3.63) is 228 Å². The van der Waals surface area contributed by atoms with Gasteiger partial charge in [0.05, 0.1) is 0 Å². The van der Waals surface area contributed by atoms with Crippen LogP contribution >= 0.6 is 0 Å². The van der Waals surface area contributed by atoms with Gasteiger partial charge >= 0.3 is 0 Å². The summed E-state index contributed by atoms with van der Waals surface area (Å²) in [4.78, 5) is 2.30. The number of para-hydroxylation sites is 2. The zero-order valence-electron chi connectivity index (χ0n) is 30.4. The van der Waals surface area contributed by atoms with Crippen LogP contribution in [0.25, 0.3) is 33.4 Å². The SMILES string of the molecule is CC1(C)c2ccccc2-c2cc(C3(c4cccc(-c5ccccc5)c4)Oc4cc(N(c5ccccc5)c5ccccc5)ccc4-c4ccccc43)ccc21.